The van der Waals surface area contributed by atoms with Crippen LogP contribution in [0.4, 0.5) is 10.7 Å². The molecule has 8 fully saturated rings. The van der Waals surface area contributed by atoms with Gasteiger partial charge in [-0.3, -0.25) is 58.4 Å². The van der Waals surface area contributed by atoms with Crippen LogP contribution in [0.5, 0.6) is 0 Å². The second-order valence-corrected chi connectivity index (χ2v) is 36.2. The van der Waals surface area contributed by atoms with E-state index in [0.717, 1.165) is 221 Å². The molecule has 12 heterocycles. The number of carbonyl (C=O) groups is 8. The van der Waals surface area contributed by atoms with Gasteiger partial charge in [0, 0.05) is 135 Å². The Balaban J connectivity index is 0.000000132. The van der Waals surface area contributed by atoms with Crippen molar-refractivity contribution in [3.05, 3.63) is 232 Å². The van der Waals surface area contributed by atoms with E-state index in [1.54, 1.807) is 98.1 Å². The zero-order chi connectivity index (χ0) is 83.8. The van der Waals surface area contributed by atoms with Crippen molar-refractivity contribution in [2.45, 2.75) is 198 Å². The summed E-state index contributed by atoms with van der Waals surface area (Å²) in [7, 11) is 0. The highest BCUT2D eigenvalue weighted by Gasteiger charge is 2.32. The number of aromatic amines is 1. The third-order valence-electron chi connectivity index (χ3n) is 22.6. The Labute approximate surface area is 722 Å². The molecule has 0 bridgehead atoms. The highest BCUT2D eigenvalue weighted by Crippen LogP contribution is 2.37. The number of hydrogen-bond donors (Lipinski definition) is 6. The first kappa shape index (κ1) is 87.1. The number of halogens is 1. The van der Waals surface area contributed by atoms with E-state index in [1.807, 2.05) is 30.6 Å². The number of anilines is 1. The predicted octanol–water partition coefficient (Wildman–Crippen LogP) is 14.5. The summed E-state index contributed by atoms with van der Waals surface area (Å²) in [5, 5.41) is 24.2. The number of benzene rings is 1. The van der Waals surface area contributed by atoms with Gasteiger partial charge in [0.2, 0.25) is 21.3 Å². The minimum Gasteiger partial charge on any atom is -0.464 e. The predicted molar refractivity (Wildman–Crippen MR) is 469 cm³/mol. The Morgan fingerprint density at radius 2 is 0.950 bits per heavy atom. The van der Waals surface area contributed by atoms with Gasteiger partial charge in [-0.05, 0) is 282 Å². The van der Waals surface area contributed by atoms with Gasteiger partial charge >= 0.3 is 0 Å². The van der Waals surface area contributed by atoms with E-state index >= 15 is 0 Å². The molecule has 0 unspecified atom stereocenters. The molecule has 2 amide bonds. The van der Waals surface area contributed by atoms with Crippen LogP contribution >= 0.6 is 58.6 Å². The number of thioether (sulfide) groups is 4. The summed E-state index contributed by atoms with van der Waals surface area (Å²) < 4.78 is 5.42. The number of aryl methyl sites for hydroxylation is 1. The maximum Gasteiger partial charge on any atom is 0.290 e. The molecule has 626 valence electrons. The molecular weight excluding hydrogens is 1630 g/mol. The minimum atomic E-state index is -0.379. The summed E-state index contributed by atoms with van der Waals surface area (Å²) in [6, 6.07) is 26.5. The van der Waals surface area contributed by atoms with E-state index in [1.165, 1.54) is 41.8 Å². The van der Waals surface area contributed by atoms with Crippen LogP contribution in [0.25, 0.3) is 35.3 Å². The number of Topliss-reactive ketones (excluding diaryl/α,β-unsaturated/α-hetero) is 3. The van der Waals surface area contributed by atoms with Crippen molar-refractivity contribution in [2.75, 3.05) is 5.32 Å². The van der Waals surface area contributed by atoms with Gasteiger partial charge in [-0.1, -0.05) is 23.7 Å². The molecule has 4 aliphatic heterocycles. The summed E-state index contributed by atoms with van der Waals surface area (Å²) in [4.78, 5) is 150. The van der Waals surface area contributed by atoms with Crippen LogP contribution in [0, 0.1) is 23.7 Å². The average molecular weight is 1730 g/mol. The maximum absolute atomic E-state index is 11.8. The number of imide groups is 1. The Morgan fingerprint density at radius 3 is 1.44 bits per heavy atom. The molecule has 0 atom stereocenters. The molecular formula is C89H94ClN17O10S4. The lowest BCUT2D eigenvalue weighted by molar-refractivity contribution is -0.120. The number of nitrogens with one attached hydrogen (secondary N) is 6. The number of carbonyl (C=O) groups excluding carboxylic acids is 8. The number of hydrogen-bond acceptors (Lipinski definition) is 29. The molecule has 8 aromatic heterocycles. The number of pyridine rings is 2. The van der Waals surface area contributed by atoms with Crippen molar-refractivity contribution in [3.8, 4) is 0 Å². The van der Waals surface area contributed by atoms with Gasteiger partial charge in [0.15, 0.2) is 17.3 Å². The zero-order valence-corrected chi connectivity index (χ0v) is 70.8. The fourth-order valence-electron chi connectivity index (χ4n) is 16.0. The van der Waals surface area contributed by atoms with Gasteiger partial charge in [-0.2, -0.15) is 5.10 Å². The van der Waals surface area contributed by atoms with E-state index in [2.05, 4.69) is 111 Å². The monoisotopic (exact) mass is 1720 g/mol. The highest BCUT2D eigenvalue weighted by molar-refractivity contribution is 8.19. The fourth-order valence-corrected chi connectivity index (χ4v) is 19.3. The molecule has 8 aliphatic rings. The number of amides is 2. The summed E-state index contributed by atoms with van der Waals surface area (Å²) in [6.45, 7) is 2.24. The van der Waals surface area contributed by atoms with E-state index < -0.39 is 0 Å². The molecule has 121 heavy (non-hydrogen) atoms. The van der Waals surface area contributed by atoms with Crippen molar-refractivity contribution >= 4 is 144 Å². The Bertz CT molecular complexity index is 5390. The second kappa shape index (κ2) is 43.5. The standard InChI is InChI=1S/C24H24N4O3S.C22H23ClN4O2S.C22H24N4O2S.C21H23N5O3S/c29-22-21(32-24(30)28-22)14-19-9-11-25-23(27-19)26-18-6-3-15(4-7-18)1-2-16-5-8-20-17(13-16)10-12-31-20;23-18-6-7-24-12-15(18)13-26-16-3-1-14(2-4-16)9-21-25-8-5-17(27-21)10-20-19(28)11-22(29)30-20;27-19-12-22(28)29-20(19)11-18-7-9-24-21(26-18)10-15-3-5-17(6-4-15)25-14-16-2-1-8-23-13-16;27-17-11-21(29)30-18(17)10-15-7-8-22-19(24-15)9-13-1-3-14(4-2-13)23-12-16-5-6-20(28)26-25-16/h5,8-15,18H,1-4,6-7H2,(H,25,26,27)(H,28,29,30);5-8,10,12,14,16,26H,1-4,9,11,13H2;1-2,7-9,11,13,15,17,25H,3-6,10,12,14H2;5-8,10,13-14,23H,1-4,9,11-12H2,(H,26,28)/b21-14-;20-10-;20-11-;18-10-. The smallest absolute Gasteiger partial charge is 0.290 e. The zero-order valence-electron chi connectivity index (χ0n) is 66.7. The first-order valence-corrected chi connectivity index (χ1v) is 44.9. The van der Waals surface area contributed by atoms with E-state index in [4.69, 9.17) is 16.0 Å². The fraction of sp³-hybridized carbons (Fsp3) is 0.393. The summed E-state index contributed by atoms with van der Waals surface area (Å²) in [6.07, 6.45) is 45.3. The van der Waals surface area contributed by atoms with Crippen molar-refractivity contribution in [1.82, 2.24) is 81.3 Å². The Hall–Kier alpha value is -10.3. The number of ketones is 3. The summed E-state index contributed by atoms with van der Waals surface area (Å²) >= 11 is 10.1. The maximum atomic E-state index is 11.8. The van der Waals surface area contributed by atoms with Gasteiger partial charge in [0.1, 0.15) is 23.1 Å². The molecule has 32 heteroatoms. The van der Waals surface area contributed by atoms with Crippen molar-refractivity contribution in [2.24, 2.45) is 23.7 Å². The number of rotatable bonds is 24. The van der Waals surface area contributed by atoms with Gasteiger partial charge in [0.05, 0.1) is 73.6 Å². The summed E-state index contributed by atoms with van der Waals surface area (Å²) in [5.74, 6) is 4.60. The third kappa shape index (κ3) is 26.9. The summed E-state index contributed by atoms with van der Waals surface area (Å²) in [5.41, 5.74) is 7.88. The number of nitrogens with zero attached hydrogens (tertiary/aromatic N) is 11. The van der Waals surface area contributed by atoms with Crippen LogP contribution in [-0.4, -0.2) is 128 Å². The van der Waals surface area contributed by atoms with Crippen molar-refractivity contribution in [3.63, 3.8) is 0 Å². The topological polar surface area (TPSA) is 384 Å². The number of furan rings is 1. The lowest BCUT2D eigenvalue weighted by atomic mass is 9.82. The molecule has 4 saturated heterocycles. The molecule has 27 nitrogen and oxygen atoms in total. The van der Waals surface area contributed by atoms with E-state index in [9.17, 15) is 43.2 Å². The second-order valence-electron chi connectivity index (χ2n) is 31.4. The lowest BCUT2D eigenvalue weighted by Crippen LogP contribution is -2.33. The molecule has 0 spiro atoms. The molecule has 4 aliphatic carbocycles. The number of allylic oxidation sites excluding steroid dienone is 3. The van der Waals surface area contributed by atoms with Gasteiger partial charge < -0.3 is 25.7 Å². The highest BCUT2D eigenvalue weighted by atomic mass is 35.5. The molecule has 9 aromatic rings. The van der Waals surface area contributed by atoms with Gasteiger partial charge in [0.25, 0.3) is 16.7 Å². The van der Waals surface area contributed by atoms with Crippen LogP contribution in [0.1, 0.15) is 191 Å². The first-order chi connectivity index (χ1) is 58.9. The van der Waals surface area contributed by atoms with Crippen LogP contribution in [0.15, 0.2) is 164 Å². The van der Waals surface area contributed by atoms with E-state index in [-0.39, 0.29) is 68.7 Å². The lowest BCUT2D eigenvalue weighted by Gasteiger charge is -2.29. The molecule has 0 radical (unpaired) electrons. The minimum absolute atomic E-state index is 0.00744. The van der Waals surface area contributed by atoms with Gasteiger partial charge in [-0.25, -0.2) is 45.0 Å². The average Bonchev–Trinajstić information content (AvgIpc) is 1.82. The quantitative estimate of drug-likeness (QED) is 0.0242. The number of fused-ring (bicyclic) bond motifs is 1. The van der Waals surface area contributed by atoms with Gasteiger partial charge in [-0.15, -0.1) is 0 Å². The van der Waals surface area contributed by atoms with Crippen LogP contribution in [-0.2, 0) is 78.9 Å². The molecule has 6 N–H and O–H groups in total. The molecule has 17 rings (SSSR count). The Morgan fingerprint density at radius 1 is 0.455 bits per heavy atom. The number of H-pyrrole nitrogens is 1. The normalized spacial score (nSPS) is 23.1. The Kier molecular flexibility index (Phi) is 31.3. The largest absolute Gasteiger partial charge is 0.464 e. The SMILES string of the molecule is O=C1CC(=O)/C(=C/c2ccnc(CC3CCC(NCc4ccc(=O)[nH]n4)CC3)n2)S1.O=C1CC(=O)/C(=C/c2ccnc(CC3CCC(NCc4cccnc4)CC3)n2)S1.O=C1CC(=O)/C(=C/c2ccnc(CC3CCC(NCc4cnccc4Cl)CC3)n2)S1.O=C1NC(=O)/C(=C/c2ccnc(NC3CCC(CCc4ccc5occc5c4)CC3)n2)S1. The molecule has 1 aromatic carbocycles. The molecule has 4 saturated carbocycles. The van der Waals surface area contributed by atoms with Crippen LogP contribution in [0.3, 0.4) is 0 Å². The van der Waals surface area contributed by atoms with Crippen molar-refractivity contribution < 1.29 is 42.8 Å². The van der Waals surface area contributed by atoms with Crippen LogP contribution < -0.4 is 32.1 Å². The third-order valence-corrected chi connectivity index (χ3v) is 26.6. The first-order valence-electron chi connectivity index (χ1n) is 41.2. The van der Waals surface area contributed by atoms with E-state index in [0.29, 0.717) is 96.8 Å². The number of aromatic nitrogens is 12. The van der Waals surface area contributed by atoms with Crippen molar-refractivity contribution in [1.29, 1.82) is 0 Å². The van der Waals surface area contributed by atoms with Crippen LogP contribution in [0.2, 0.25) is 5.02 Å².